The summed E-state index contributed by atoms with van der Waals surface area (Å²) in [5.41, 5.74) is 0. The van der Waals surface area contributed by atoms with Crippen LogP contribution < -0.4 is 5.32 Å². The molecule has 0 aromatic heterocycles. The number of hydrogen-bond donors (Lipinski definition) is 1. The number of carbonyl (C=O) groups is 1. The maximum Gasteiger partial charge on any atom is 0.323 e. The number of piperidine rings is 1. The first kappa shape index (κ1) is 12.8. The molecule has 1 N–H and O–H groups in total. The fraction of sp³-hybridized carbons (Fsp3) is 0.923. The molecule has 0 aromatic carbocycles. The van der Waals surface area contributed by atoms with Gasteiger partial charge in [-0.15, -0.1) is 0 Å². The minimum Gasteiger partial charge on any atom is -0.464 e. The second kappa shape index (κ2) is 6.36. The van der Waals surface area contributed by atoms with Gasteiger partial charge in [-0.05, 0) is 31.7 Å². The topological polar surface area (TPSA) is 47.6 Å². The lowest BCUT2D eigenvalue weighted by atomic mass is 9.90. The Bertz CT molecular complexity index is 251. The molecule has 0 saturated carbocycles. The number of carbonyl (C=O) groups excluding carboxylic acids is 1. The molecular formula is C13H23NO3. The minimum absolute atomic E-state index is 0.0740. The maximum atomic E-state index is 11.9. The molecule has 2 heterocycles. The number of ether oxygens (including phenoxy) is 2. The van der Waals surface area contributed by atoms with Crippen molar-refractivity contribution in [1.82, 2.24) is 5.32 Å². The van der Waals surface area contributed by atoms with Gasteiger partial charge in [0, 0.05) is 12.5 Å². The molecular weight excluding hydrogens is 218 g/mol. The number of esters is 1. The molecule has 2 rings (SSSR count). The highest BCUT2D eigenvalue weighted by molar-refractivity contribution is 5.75. The first-order valence-corrected chi connectivity index (χ1v) is 6.77. The van der Waals surface area contributed by atoms with Gasteiger partial charge in [-0.3, -0.25) is 4.79 Å². The molecule has 98 valence electrons. The Kier molecular flexibility index (Phi) is 4.80. The summed E-state index contributed by atoms with van der Waals surface area (Å²) in [7, 11) is 0. The van der Waals surface area contributed by atoms with Gasteiger partial charge in [0.25, 0.3) is 0 Å². The van der Waals surface area contributed by atoms with Crippen molar-refractivity contribution in [3.63, 3.8) is 0 Å². The van der Waals surface area contributed by atoms with Crippen molar-refractivity contribution in [3.8, 4) is 0 Å². The van der Waals surface area contributed by atoms with Crippen LogP contribution in [-0.4, -0.2) is 38.4 Å². The fourth-order valence-corrected chi connectivity index (χ4v) is 2.56. The van der Waals surface area contributed by atoms with Crippen LogP contribution in [0.15, 0.2) is 0 Å². The number of nitrogens with one attached hydrogen (secondary N) is 1. The number of rotatable bonds is 4. The Hall–Kier alpha value is -0.610. The Morgan fingerprint density at radius 1 is 1.41 bits per heavy atom. The van der Waals surface area contributed by atoms with Gasteiger partial charge in [0.05, 0.1) is 13.2 Å². The lowest BCUT2D eigenvalue weighted by molar-refractivity contribution is -0.148. The van der Waals surface area contributed by atoms with E-state index in [4.69, 9.17) is 9.47 Å². The van der Waals surface area contributed by atoms with Crippen LogP contribution in [0.3, 0.4) is 0 Å². The van der Waals surface area contributed by atoms with Crippen LogP contribution in [0, 0.1) is 11.8 Å². The molecule has 3 unspecified atom stereocenters. The van der Waals surface area contributed by atoms with Crippen LogP contribution in [0.25, 0.3) is 0 Å². The quantitative estimate of drug-likeness (QED) is 0.755. The molecule has 2 saturated heterocycles. The fourth-order valence-electron chi connectivity index (χ4n) is 2.56. The SMILES string of the molecule is CCC1CCNC(C(=O)OCC2CCOC2)C1. The van der Waals surface area contributed by atoms with Crippen molar-refractivity contribution in [1.29, 1.82) is 0 Å². The van der Waals surface area contributed by atoms with E-state index in [0.717, 1.165) is 39.0 Å². The first-order chi connectivity index (χ1) is 8.29. The van der Waals surface area contributed by atoms with E-state index < -0.39 is 0 Å². The van der Waals surface area contributed by atoms with Gasteiger partial charge in [0.15, 0.2) is 0 Å². The summed E-state index contributed by atoms with van der Waals surface area (Å²) in [5, 5.41) is 3.25. The highest BCUT2D eigenvalue weighted by Gasteiger charge is 2.28. The second-order valence-corrected chi connectivity index (χ2v) is 5.17. The summed E-state index contributed by atoms with van der Waals surface area (Å²) in [6, 6.07) is -0.0870. The average Bonchev–Trinajstić information content (AvgIpc) is 2.89. The number of hydrogen-bond acceptors (Lipinski definition) is 4. The first-order valence-electron chi connectivity index (χ1n) is 6.77. The van der Waals surface area contributed by atoms with Crippen molar-refractivity contribution >= 4 is 5.97 Å². The molecule has 0 spiro atoms. The van der Waals surface area contributed by atoms with Gasteiger partial charge in [-0.2, -0.15) is 0 Å². The van der Waals surface area contributed by atoms with E-state index in [2.05, 4.69) is 12.2 Å². The van der Waals surface area contributed by atoms with Crippen molar-refractivity contribution in [3.05, 3.63) is 0 Å². The lowest BCUT2D eigenvalue weighted by Crippen LogP contribution is -2.44. The van der Waals surface area contributed by atoms with E-state index in [9.17, 15) is 4.79 Å². The van der Waals surface area contributed by atoms with Crippen LogP contribution in [0.2, 0.25) is 0 Å². The largest absolute Gasteiger partial charge is 0.464 e. The van der Waals surface area contributed by atoms with E-state index >= 15 is 0 Å². The molecule has 0 aromatic rings. The van der Waals surface area contributed by atoms with Crippen LogP contribution >= 0.6 is 0 Å². The van der Waals surface area contributed by atoms with E-state index in [1.165, 1.54) is 6.42 Å². The highest BCUT2D eigenvalue weighted by atomic mass is 16.5. The summed E-state index contributed by atoms with van der Waals surface area (Å²) >= 11 is 0. The molecule has 0 amide bonds. The molecule has 2 fully saturated rings. The van der Waals surface area contributed by atoms with E-state index in [-0.39, 0.29) is 12.0 Å². The zero-order chi connectivity index (χ0) is 12.1. The molecule has 0 radical (unpaired) electrons. The highest BCUT2D eigenvalue weighted by Crippen LogP contribution is 2.20. The van der Waals surface area contributed by atoms with Crippen LogP contribution in [0.5, 0.6) is 0 Å². The zero-order valence-electron chi connectivity index (χ0n) is 10.6. The van der Waals surface area contributed by atoms with Crippen LogP contribution in [0.1, 0.15) is 32.6 Å². The summed E-state index contributed by atoms with van der Waals surface area (Å²) in [6.45, 7) is 5.19. The smallest absolute Gasteiger partial charge is 0.323 e. The maximum absolute atomic E-state index is 11.9. The Morgan fingerprint density at radius 3 is 3.00 bits per heavy atom. The molecule has 0 bridgehead atoms. The Labute approximate surface area is 103 Å². The molecule has 4 nitrogen and oxygen atoms in total. The lowest BCUT2D eigenvalue weighted by Gasteiger charge is -2.28. The predicted octanol–water partition coefficient (Wildman–Crippen LogP) is 1.34. The van der Waals surface area contributed by atoms with E-state index in [1.54, 1.807) is 0 Å². The predicted molar refractivity (Wildman–Crippen MR) is 64.7 cm³/mol. The standard InChI is InChI=1S/C13H23NO3/c1-2-10-3-5-14-12(7-10)13(15)17-9-11-4-6-16-8-11/h10-12,14H,2-9H2,1H3. The molecule has 0 aliphatic carbocycles. The third-order valence-corrected chi connectivity index (χ3v) is 3.86. The molecule has 17 heavy (non-hydrogen) atoms. The second-order valence-electron chi connectivity index (χ2n) is 5.17. The summed E-state index contributed by atoms with van der Waals surface area (Å²) in [4.78, 5) is 11.9. The van der Waals surface area contributed by atoms with Gasteiger partial charge in [0.2, 0.25) is 0 Å². The molecule has 4 heteroatoms. The monoisotopic (exact) mass is 241 g/mol. The molecule has 3 atom stereocenters. The Morgan fingerprint density at radius 2 is 2.29 bits per heavy atom. The third-order valence-electron chi connectivity index (χ3n) is 3.86. The third kappa shape index (κ3) is 3.68. The Balaban J connectivity index is 1.71. The molecule has 2 aliphatic rings. The van der Waals surface area contributed by atoms with Gasteiger partial charge < -0.3 is 14.8 Å². The van der Waals surface area contributed by atoms with Crippen LogP contribution in [0.4, 0.5) is 0 Å². The van der Waals surface area contributed by atoms with E-state index in [0.29, 0.717) is 18.4 Å². The van der Waals surface area contributed by atoms with Gasteiger partial charge in [0.1, 0.15) is 6.04 Å². The van der Waals surface area contributed by atoms with Gasteiger partial charge in [-0.25, -0.2) is 0 Å². The molecule has 2 aliphatic heterocycles. The van der Waals surface area contributed by atoms with E-state index in [1.807, 2.05) is 0 Å². The summed E-state index contributed by atoms with van der Waals surface area (Å²) < 4.78 is 10.6. The van der Waals surface area contributed by atoms with Crippen LogP contribution in [-0.2, 0) is 14.3 Å². The van der Waals surface area contributed by atoms with Gasteiger partial charge in [-0.1, -0.05) is 13.3 Å². The normalized spacial score (nSPS) is 33.6. The zero-order valence-corrected chi connectivity index (χ0v) is 10.6. The van der Waals surface area contributed by atoms with Crippen molar-refractivity contribution < 1.29 is 14.3 Å². The van der Waals surface area contributed by atoms with Crippen molar-refractivity contribution in [2.45, 2.75) is 38.6 Å². The van der Waals surface area contributed by atoms with Crippen molar-refractivity contribution in [2.75, 3.05) is 26.4 Å². The minimum atomic E-state index is -0.0870. The average molecular weight is 241 g/mol. The summed E-state index contributed by atoms with van der Waals surface area (Å²) in [5.74, 6) is 1.00. The van der Waals surface area contributed by atoms with Gasteiger partial charge >= 0.3 is 5.97 Å². The van der Waals surface area contributed by atoms with Crippen molar-refractivity contribution in [2.24, 2.45) is 11.8 Å². The summed E-state index contributed by atoms with van der Waals surface area (Å²) in [6.07, 6.45) is 4.28.